The molecule has 2 aromatic carbocycles. The van der Waals surface area contributed by atoms with Crippen molar-refractivity contribution in [2.24, 2.45) is 0 Å². The number of nitrogens with zero attached hydrogens (tertiary/aromatic N) is 2. The average molecular weight is 434 g/mol. The van der Waals surface area contributed by atoms with Gasteiger partial charge >= 0.3 is 11.8 Å². The summed E-state index contributed by atoms with van der Waals surface area (Å²) in [5.74, 6) is 0.134. The summed E-state index contributed by atoms with van der Waals surface area (Å²) >= 11 is 0.683. The molecule has 2 heterocycles. The van der Waals surface area contributed by atoms with E-state index in [4.69, 9.17) is 9.15 Å². The summed E-state index contributed by atoms with van der Waals surface area (Å²) in [6.45, 7) is 0. The van der Waals surface area contributed by atoms with Crippen LogP contribution in [0, 0.1) is 10.1 Å². The molecule has 7 nitrogen and oxygen atoms in total. The minimum atomic E-state index is -4.58. The highest BCUT2D eigenvalue weighted by Crippen LogP contribution is 2.36. The number of hydrogen-bond acceptors (Lipinski definition) is 7. The van der Waals surface area contributed by atoms with E-state index in [2.05, 4.69) is 4.98 Å². The van der Waals surface area contributed by atoms with Gasteiger partial charge in [0, 0.05) is 35.0 Å². The molecule has 0 N–H and O–H groups in total. The summed E-state index contributed by atoms with van der Waals surface area (Å²) in [5.41, 5.74) is -0.639. The third-order valence-electron chi connectivity index (χ3n) is 4.08. The van der Waals surface area contributed by atoms with Crippen LogP contribution in [0.5, 0.6) is 10.9 Å². The summed E-state index contributed by atoms with van der Waals surface area (Å²) in [7, 11) is 0. The summed E-state index contributed by atoms with van der Waals surface area (Å²) in [4.78, 5) is 25.7. The maximum absolute atomic E-state index is 12.7. The van der Waals surface area contributed by atoms with Gasteiger partial charge in [-0.2, -0.15) is 18.2 Å². The topological polar surface area (TPSA) is 95.5 Å². The van der Waals surface area contributed by atoms with Gasteiger partial charge in [0.1, 0.15) is 11.3 Å². The standard InChI is InChI=1S/C19H9F3N2O5S/c20-19(21,22)16-9-30-18(23-16)28-12-5-6-13-14(8-17(25)29-15(13)7-12)10-1-3-11(4-2-10)24(26)27/h1-9H. The van der Waals surface area contributed by atoms with Gasteiger partial charge in [0.2, 0.25) is 0 Å². The van der Waals surface area contributed by atoms with Crippen molar-refractivity contribution in [1.82, 2.24) is 4.98 Å². The molecule has 0 unspecified atom stereocenters. The van der Waals surface area contributed by atoms with Gasteiger partial charge in [-0.05, 0) is 35.4 Å². The molecule has 0 atom stereocenters. The molecule has 0 bridgehead atoms. The molecular weight excluding hydrogens is 425 g/mol. The van der Waals surface area contributed by atoms with E-state index in [0.717, 1.165) is 5.38 Å². The smallest absolute Gasteiger partial charge is 0.431 e. The maximum atomic E-state index is 12.7. The molecule has 2 aromatic heterocycles. The van der Waals surface area contributed by atoms with Crippen molar-refractivity contribution in [1.29, 1.82) is 0 Å². The third-order valence-corrected chi connectivity index (χ3v) is 4.80. The van der Waals surface area contributed by atoms with Crippen LogP contribution in [0.25, 0.3) is 22.1 Å². The first-order valence-corrected chi connectivity index (χ1v) is 9.12. The van der Waals surface area contributed by atoms with Gasteiger partial charge in [0.25, 0.3) is 10.9 Å². The Morgan fingerprint density at radius 1 is 1.10 bits per heavy atom. The number of thiazole rings is 1. The number of hydrogen-bond donors (Lipinski definition) is 0. The van der Waals surface area contributed by atoms with Gasteiger partial charge in [-0.1, -0.05) is 11.3 Å². The number of non-ortho nitro benzene ring substituents is 1. The van der Waals surface area contributed by atoms with Crippen molar-refractivity contribution in [2.75, 3.05) is 0 Å². The zero-order chi connectivity index (χ0) is 21.5. The third kappa shape index (κ3) is 3.87. The molecule has 4 aromatic rings. The molecule has 152 valence electrons. The number of alkyl halides is 3. The van der Waals surface area contributed by atoms with Crippen LogP contribution in [-0.4, -0.2) is 9.91 Å². The van der Waals surface area contributed by atoms with Gasteiger partial charge in [-0.25, -0.2) is 4.79 Å². The van der Waals surface area contributed by atoms with Crippen molar-refractivity contribution in [3.8, 4) is 22.1 Å². The highest BCUT2D eigenvalue weighted by atomic mass is 32.1. The number of nitro groups is 1. The Bertz CT molecular complexity index is 1310. The lowest BCUT2D eigenvalue weighted by Crippen LogP contribution is -2.04. The van der Waals surface area contributed by atoms with E-state index in [1.54, 1.807) is 6.07 Å². The normalized spacial score (nSPS) is 11.6. The maximum Gasteiger partial charge on any atom is 0.434 e. The van der Waals surface area contributed by atoms with Gasteiger partial charge in [-0.3, -0.25) is 10.1 Å². The molecular formula is C19H9F3N2O5S. The van der Waals surface area contributed by atoms with Crippen LogP contribution < -0.4 is 10.4 Å². The highest BCUT2D eigenvalue weighted by molar-refractivity contribution is 7.11. The fraction of sp³-hybridized carbons (Fsp3) is 0.0526. The van der Waals surface area contributed by atoms with Crippen LogP contribution in [0.3, 0.4) is 0 Å². The van der Waals surface area contributed by atoms with E-state index in [9.17, 15) is 28.1 Å². The zero-order valence-electron chi connectivity index (χ0n) is 14.7. The van der Waals surface area contributed by atoms with E-state index in [0.29, 0.717) is 27.8 Å². The SMILES string of the molecule is O=c1cc(-c2ccc([N+](=O)[O-])cc2)c2ccc(Oc3nc(C(F)(F)F)cs3)cc2o1. The van der Waals surface area contributed by atoms with Gasteiger partial charge < -0.3 is 9.15 Å². The molecule has 0 aliphatic heterocycles. The zero-order valence-corrected chi connectivity index (χ0v) is 15.5. The number of fused-ring (bicyclic) bond motifs is 1. The van der Waals surface area contributed by atoms with E-state index >= 15 is 0 Å². The minimum absolute atomic E-state index is 0.0941. The van der Waals surface area contributed by atoms with Crippen LogP contribution >= 0.6 is 11.3 Å². The Balaban J connectivity index is 1.71. The fourth-order valence-electron chi connectivity index (χ4n) is 2.74. The number of aromatic nitrogens is 1. The lowest BCUT2D eigenvalue weighted by atomic mass is 10.0. The van der Waals surface area contributed by atoms with E-state index < -0.39 is 22.4 Å². The minimum Gasteiger partial charge on any atom is -0.431 e. The molecule has 0 aliphatic carbocycles. The van der Waals surface area contributed by atoms with E-state index in [1.807, 2.05) is 0 Å². The number of benzene rings is 2. The fourth-order valence-corrected chi connectivity index (χ4v) is 3.44. The second kappa shape index (κ2) is 7.26. The Kier molecular flexibility index (Phi) is 4.74. The molecule has 0 fully saturated rings. The first-order valence-electron chi connectivity index (χ1n) is 8.24. The van der Waals surface area contributed by atoms with Crippen molar-refractivity contribution in [3.05, 3.63) is 80.1 Å². The molecule has 0 spiro atoms. The lowest BCUT2D eigenvalue weighted by molar-refractivity contribution is -0.384. The largest absolute Gasteiger partial charge is 0.434 e. The Labute approximate surface area is 169 Å². The monoisotopic (exact) mass is 434 g/mol. The average Bonchev–Trinajstić information content (AvgIpc) is 3.16. The Hall–Kier alpha value is -3.73. The van der Waals surface area contributed by atoms with Gasteiger partial charge in [0.05, 0.1) is 4.92 Å². The first-order chi connectivity index (χ1) is 14.2. The first kappa shape index (κ1) is 19.6. The Morgan fingerprint density at radius 3 is 2.47 bits per heavy atom. The number of halogens is 3. The van der Waals surface area contributed by atoms with Crippen LogP contribution in [0.4, 0.5) is 18.9 Å². The predicted molar refractivity (Wildman–Crippen MR) is 102 cm³/mol. The molecule has 0 saturated heterocycles. The molecule has 30 heavy (non-hydrogen) atoms. The second-order valence-corrected chi connectivity index (χ2v) is 6.86. The molecule has 0 saturated carbocycles. The van der Waals surface area contributed by atoms with Gasteiger partial charge in [-0.15, -0.1) is 0 Å². The summed E-state index contributed by atoms with van der Waals surface area (Å²) in [6.07, 6.45) is -4.58. The molecule has 11 heteroatoms. The highest BCUT2D eigenvalue weighted by Gasteiger charge is 2.34. The predicted octanol–water partition coefficient (Wildman–Crippen LogP) is 5.64. The Morgan fingerprint density at radius 2 is 1.83 bits per heavy atom. The van der Waals surface area contributed by atoms with Gasteiger partial charge in [0.15, 0.2) is 5.69 Å². The quantitative estimate of drug-likeness (QED) is 0.234. The van der Waals surface area contributed by atoms with Crippen LogP contribution in [0.15, 0.2) is 63.1 Å². The molecule has 0 radical (unpaired) electrons. The van der Waals surface area contributed by atoms with Crippen molar-refractivity contribution in [2.45, 2.75) is 6.18 Å². The van der Waals surface area contributed by atoms with Crippen molar-refractivity contribution >= 4 is 28.0 Å². The van der Waals surface area contributed by atoms with Crippen molar-refractivity contribution < 1.29 is 27.2 Å². The summed E-state index contributed by atoms with van der Waals surface area (Å²) in [6, 6.07) is 11.3. The van der Waals surface area contributed by atoms with E-state index in [1.165, 1.54) is 42.5 Å². The molecule has 0 aliphatic rings. The molecule has 4 rings (SSSR count). The molecule has 0 amide bonds. The number of rotatable bonds is 4. The van der Waals surface area contributed by atoms with E-state index in [-0.39, 0.29) is 22.2 Å². The number of ether oxygens (including phenoxy) is 1. The van der Waals surface area contributed by atoms with Crippen LogP contribution in [0.1, 0.15) is 5.69 Å². The summed E-state index contributed by atoms with van der Waals surface area (Å²) < 4.78 is 48.6. The van der Waals surface area contributed by atoms with Crippen molar-refractivity contribution in [3.63, 3.8) is 0 Å². The van der Waals surface area contributed by atoms with Crippen LogP contribution in [-0.2, 0) is 6.18 Å². The summed E-state index contributed by atoms with van der Waals surface area (Å²) in [5, 5.41) is 12.0. The van der Waals surface area contributed by atoms with Crippen LogP contribution in [0.2, 0.25) is 0 Å². The number of nitro benzene ring substituents is 1. The second-order valence-electron chi connectivity index (χ2n) is 6.04. The lowest BCUT2D eigenvalue weighted by Gasteiger charge is -2.08.